The predicted molar refractivity (Wildman–Crippen MR) is 65.0 cm³/mol. The number of ether oxygens (including phenoxy) is 2. The molecule has 3 heteroatoms. The first-order valence-electron chi connectivity index (χ1n) is 6.04. The first-order valence-corrected chi connectivity index (χ1v) is 6.04. The molecule has 1 atom stereocenters. The highest BCUT2D eigenvalue weighted by Gasteiger charge is 2.20. The van der Waals surface area contributed by atoms with E-state index >= 15 is 0 Å². The van der Waals surface area contributed by atoms with Gasteiger partial charge in [0.25, 0.3) is 0 Å². The van der Waals surface area contributed by atoms with Crippen LogP contribution in [0.15, 0.2) is 24.3 Å². The Labute approximate surface area is 102 Å². The van der Waals surface area contributed by atoms with Crippen molar-refractivity contribution in [3.8, 4) is 5.75 Å². The smallest absolute Gasteiger partial charge is 0.136 e. The standard InChI is InChI=1S/C14H18O3/c1-16-10-11-4-2-6-13(8-11)17-14-7-3-5-12(15)9-14/h2,4,6,8,14H,3,5,7,9-10H2,1H3. The van der Waals surface area contributed by atoms with Crippen LogP contribution in [0.4, 0.5) is 0 Å². The average Bonchev–Trinajstić information content (AvgIpc) is 2.30. The van der Waals surface area contributed by atoms with Crippen LogP contribution < -0.4 is 4.74 Å². The van der Waals surface area contributed by atoms with E-state index in [-0.39, 0.29) is 6.10 Å². The highest BCUT2D eigenvalue weighted by molar-refractivity contribution is 5.79. The topological polar surface area (TPSA) is 35.5 Å². The van der Waals surface area contributed by atoms with Gasteiger partial charge < -0.3 is 9.47 Å². The quantitative estimate of drug-likeness (QED) is 0.803. The molecule has 1 aromatic carbocycles. The third kappa shape index (κ3) is 3.56. The maximum Gasteiger partial charge on any atom is 0.136 e. The van der Waals surface area contributed by atoms with Gasteiger partial charge in [-0.2, -0.15) is 0 Å². The first-order chi connectivity index (χ1) is 8.28. The molecule has 0 aromatic heterocycles. The van der Waals surface area contributed by atoms with Gasteiger partial charge in [-0.1, -0.05) is 12.1 Å². The van der Waals surface area contributed by atoms with Crippen molar-refractivity contribution in [2.45, 2.75) is 38.4 Å². The van der Waals surface area contributed by atoms with Crippen LogP contribution in [0.5, 0.6) is 5.75 Å². The minimum absolute atomic E-state index is 0.0500. The zero-order valence-corrected chi connectivity index (χ0v) is 10.1. The van der Waals surface area contributed by atoms with Crippen molar-refractivity contribution in [1.82, 2.24) is 0 Å². The van der Waals surface area contributed by atoms with Gasteiger partial charge in [0, 0.05) is 20.0 Å². The molecular weight excluding hydrogens is 216 g/mol. The van der Waals surface area contributed by atoms with Crippen LogP contribution in [0.3, 0.4) is 0 Å². The third-order valence-corrected chi connectivity index (χ3v) is 2.95. The maximum atomic E-state index is 11.3. The van der Waals surface area contributed by atoms with Gasteiger partial charge in [-0.3, -0.25) is 4.79 Å². The summed E-state index contributed by atoms with van der Waals surface area (Å²) in [6, 6.07) is 7.86. The number of hydrogen-bond donors (Lipinski definition) is 0. The number of ketones is 1. The van der Waals surface area contributed by atoms with Gasteiger partial charge in [0.2, 0.25) is 0 Å². The molecule has 0 saturated heterocycles. The minimum atomic E-state index is 0.0500. The summed E-state index contributed by atoms with van der Waals surface area (Å²) in [5.74, 6) is 1.15. The molecule has 3 nitrogen and oxygen atoms in total. The Morgan fingerprint density at radius 2 is 2.29 bits per heavy atom. The molecule has 17 heavy (non-hydrogen) atoms. The van der Waals surface area contributed by atoms with Crippen LogP contribution in [-0.4, -0.2) is 19.0 Å². The Hall–Kier alpha value is -1.35. The van der Waals surface area contributed by atoms with Crippen molar-refractivity contribution < 1.29 is 14.3 Å². The number of benzene rings is 1. The van der Waals surface area contributed by atoms with Gasteiger partial charge in [-0.25, -0.2) is 0 Å². The first kappa shape index (κ1) is 12.1. The lowest BCUT2D eigenvalue weighted by Crippen LogP contribution is -2.25. The number of rotatable bonds is 4. The van der Waals surface area contributed by atoms with Gasteiger partial charge in [-0.15, -0.1) is 0 Å². The summed E-state index contributed by atoms with van der Waals surface area (Å²) in [5.41, 5.74) is 1.09. The largest absolute Gasteiger partial charge is 0.490 e. The number of hydrogen-bond acceptors (Lipinski definition) is 3. The van der Waals surface area contributed by atoms with E-state index < -0.39 is 0 Å². The van der Waals surface area contributed by atoms with E-state index in [1.165, 1.54) is 0 Å². The molecule has 2 rings (SSSR count). The highest BCUT2D eigenvalue weighted by Crippen LogP contribution is 2.22. The van der Waals surface area contributed by atoms with Crippen molar-refractivity contribution in [2.24, 2.45) is 0 Å². The lowest BCUT2D eigenvalue weighted by molar-refractivity contribution is -0.122. The second-order valence-electron chi connectivity index (χ2n) is 4.46. The van der Waals surface area contributed by atoms with Crippen LogP contribution in [0.1, 0.15) is 31.2 Å². The normalized spacial score (nSPS) is 20.3. The van der Waals surface area contributed by atoms with E-state index in [0.717, 1.165) is 24.2 Å². The Balaban J connectivity index is 1.97. The van der Waals surface area contributed by atoms with Gasteiger partial charge in [0.1, 0.15) is 17.6 Å². The zero-order valence-electron chi connectivity index (χ0n) is 10.1. The van der Waals surface area contributed by atoms with Crippen molar-refractivity contribution in [3.63, 3.8) is 0 Å². The third-order valence-electron chi connectivity index (χ3n) is 2.95. The molecule has 0 heterocycles. The predicted octanol–water partition coefficient (Wildman–Crippen LogP) is 2.72. The van der Waals surface area contributed by atoms with Crippen LogP contribution in [0.25, 0.3) is 0 Å². The molecule has 1 aliphatic carbocycles. The SMILES string of the molecule is COCc1cccc(OC2CCCC(=O)C2)c1. The maximum absolute atomic E-state index is 11.3. The summed E-state index contributed by atoms with van der Waals surface area (Å²) in [6.07, 6.45) is 3.23. The van der Waals surface area contributed by atoms with Crippen LogP contribution in [-0.2, 0) is 16.1 Å². The molecule has 1 saturated carbocycles. The van der Waals surface area contributed by atoms with E-state index in [1.807, 2.05) is 24.3 Å². The van der Waals surface area contributed by atoms with E-state index in [1.54, 1.807) is 7.11 Å². The van der Waals surface area contributed by atoms with Crippen molar-refractivity contribution in [2.75, 3.05) is 7.11 Å². The summed E-state index contributed by atoms with van der Waals surface area (Å²) >= 11 is 0. The molecule has 0 N–H and O–H groups in total. The summed E-state index contributed by atoms with van der Waals surface area (Å²) in [6.45, 7) is 0.584. The fourth-order valence-electron chi connectivity index (χ4n) is 2.15. The average molecular weight is 234 g/mol. The second-order valence-corrected chi connectivity index (χ2v) is 4.46. The molecule has 1 unspecified atom stereocenters. The van der Waals surface area contributed by atoms with E-state index in [4.69, 9.17) is 9.47 Å². The van der Waals surface area contributed by atoms with E-state index in [0.29, 0.717) is 25.2 Å². The monoisotopic (exact) mass is 234 g/mol. The molecule has 0 bridgehead atoms. The molecule has 92 valence electrons. The fourth-order valence-corrected chi connectivity index (χ4v) is 2.15. The van der Waals surface area contributed by atoms with Crippen LogP contribution in [0.2, 0.25) is 0 Å². The van der Waals surface area contributed by atoms with Crippen molar-refractivity contribution in [1.29, 1.82) is 0 Å². The Morgan fingerprint density at radius 1 is 1.41 bits per heavy atom. The molecular formula is C14H18O3. The Kier molecular flexibility index (Phi) is 4.15. The molecule has 1 fully saturated rings. The Bertz CT molecular complexity index is 387. The molecule has 0 amide bonds. The lowest BCUT2D eigenvalue weighted by atomic mass is 9.96. The number of carbonyl (C=O) groups excluding carboxylic acids is 1. The Morgan fingerprint density at radius 3 is 3.06 bits per heavy atom. The number of carbonyl (C=O) groups is 1. The summed E-state index contributed by atoms with van der Waals surface area (Å²) in [7, 11) is 1.67. The van der Waals surface area contributed by atoms with Crippen molar-refractivity contribution in [3.05, 3.63) is 29.8 Å². The summed E-state index contributed by atoms with van der Waals surface area (Å²) in [4.78, 5) is 11.3. The zero-order chi connectivity index (χ0) is 12.1. The fraction of sp³-hybridized carbons (Fsp3) is 0.500. The molecule has 1 aliphatic rings. The van der Waals surface area contributed by atoms with Gasteiger partial charge in [-0.05, 0) is 30.5 Å². The molecule has 1 aromatic rings. The van der Waals surface area contributed by atoms with Gasteiger partial charge in [0.05, 0.1) is 6.61 Å². The molecule has 0 radical (unpaired) electrons. The van der Waals surface area contributed by atoms with Gasteiger partial charge >= 0.3 is 0 Å². The highest BCUT2D eigenvalue weighted by atomic mass is 16.5. The van der Waals surface area contributed by atoms with Gasteiger partial charge in [0.15, 0.2) is 0 Å². The lowest BCUT2D eigenvalue weighted by Gasteiger charge is -2.22. The van der Waals surface area contributed by atoms with Crippen LogP contribution in [0, 0.1) is 0 Å². The molecule has 0 spiro atoms. The summed E-state index contributed by atoms with van der Waals surface area (Å²) in [5, 5.41) is 0. The van der Waals surface area contributed by atoms with E-state index in [9.17, 15) is 4.79 Å². The second kappa shape index (κ2) is 5.82. The number of Topliss-reactive ketones (excluding diaryl/α,β-unsaturated/α-hetero) is 1. The number of methoxy groups -OCH3 is 1. The van der Waals surface area contributed by atoms with Crippen LogP contribution >= 0.6 is 0 Å². The van der Waals surface area contributed by atoms with E-state index in [2.05, 4.69) is 0 Å². The summed E-state index contributed by atoms with van der Waals surface area (Å²) < 4.78 is 10.9. The molecule has 0 aliphatic heterocycles. The minimum Gasteiger partial charge on any atom is -0.490 e. The van der Waals surface area contributed by atoms with Crippen molar-refractivity contribution >= 4 is 5.78 Å².